The fourth-order valence-electron chi connectivity index (χ4n) is 2.77. The third kappa shape index (κ3) is 2.83. The fourth-order valence-corrected chi connectivity index (χ4v) is 4.04. The molecule has 0 aliphatic carbocycles. The number of nitrogens with zero attached hydrogens (tertiary/aromatic N) is 2. The number of piperazine rings is 1. The minimum absolute atomic E-state index is 0.339. The standard InChI is InChI=1S/C15H24N2O2S/c1-12(2)20(18,19)17-10-8-16(9-11-17)15-13(3)6-5-7-14(15)4/h5-7,12H,8-11H2,1-4H3. The van der Waals surface area contributed by atoms with E-state index in [1.54, 1.807) is 18.2 Å². The maximum Gasteiger partial charge on any atom is 0.216 e. The van der Waals surface area contributed by atoms with Crippen LogP contribution < -0.4 is 4.90 Å². The molecule has 0 bridgehead atoms. The van der Waals surface area contributed by atoms with Crippen molar-refractivity contribution in [2.24, 2.45) is 0 Å². The molecule has 0 unspecified atom stereocenters. The van der Waals surface area contributed by atoms with Crippen LogP contribution in [0, 0.1) is 13.8 Å². The Morgan fingerprint density at radius 1 is 1.00 bits per heavy atom. The maximum atomic E-state index is 12.2. The summed E-state index contributed by atoms with van der Waals surface area (Å²) in [5.74, 6) is 0. The molecule has 0 atom stereocenters. The number of benzene rings is 1. The highest BCUT2D eigenvalue weighted by molar-refractivity contribution is 7.89. The SMILES string of the molecule is Cc1cccc(C)c1N1CCN(S(=O)(=O)C(C)C)CC1. The molecule has 1 heterocycles. The number of para-hydroxylation sites is 1. The fraction of sp³-hybridized carbons (Fsp3) is 0.600. The van der Waals surface area contributed by atoms with Crippen molar-refractivity contribution in [2.75, 3.05) is 31.1 Å². The minimum Gasteiger partial charge on any atom is -0.368 e. The molecule has 0 aromatic heterocycles. The van der Waals surface area contributed by atoms with E-state index >= 15 is 0 Å². The zero-order chi connectivity index (χ0) is 14.9. The van der Waals surface area contributed by atoms with Crippen molar-refractivity contribution in [3.8, 4) is 0 Å². The summed E-state index contributed by atoms with van der Waals surface area (Å²) < 4.78 is 26.0. The summed E-state index contributed by atoms with van der Waals surface area (Å²) in [6, 6.07) is 6.28. The van der Waals surface area contributed by atoms with Crippen LogP contribution in [0.3, 0.4) is 0 Å². The van der Waals surface area contributed by atoms with Gasteiger partial charge in [-0.15, -0.1) is 0 Å². The van der Waals surface area contributed by atoms with Gasteiger partial charge in [0.25, 0.3) is 0 Å². The normalized spacial score (nSPS) is 17.8. The lowest BCUT2D eigenvalue weighted by atomic mass is 10.1. The number of sulfonamides is 1. The van der Waals surface area contributed by atoms with E-state index in [1.165, 1.54) is 16.8 Å². The summed E-state index contributed by atoms with van der Waals surface area (Å²) >= 11 is 0. The van der Waals surface area contributed by atoms with E-state index < -0.39 is 10.0 Å². The summed E-state index contributed by atoms with van der Waals surface area (Å²) in [6.45, 7) is 10.4. The minimum atomic E-state index is -3.12. The van der Waals surface area contributed by atoms with Gasteiger partial charge in [0.15, 0.2) is 0 Å². The molecule has 5 heteroatoms. The third-order valence-electron chi connectivity index (χ3n) is 3.95. The topological polar surface area (TPSA) is 40.6 Å². The third-order valence-corrected chi connectivity index (χ3v) is 6.23. The van der Waals surface area contributed by atoms with E-state index in [1.807, 2.05) is 0 Å². The molecule has 4 nitrogen and oxygen atoms in total. The largest absolute Gasteiger partial charge is 0.368 e. The Balaban J connectivity index is 2.13. The molecule has 0 radical (unpaired) electrons. The number of aryl methyl sites for hydroxylation is 2. The Kier molecular flexibility index (Phi) is 4.39. The molecule has 1 fully saturated rings. The quantitative estimate of drug-likeness (QED) is 0.858. The van der Waals surface area contributed by atoms with Gasteiger partial charge < -0.3 is 4.90 Å². The lowest BCUT2D eigenvalue weighted by Gasteiger charge is -2.37. The molecular formula is C15H24N2O2S. The highest BCUT2D eigenvalue weighted by Gasteiger charge is 2.29. The Hall–Kier alpha value is -1.07. The summed E-state index contributed by atoms with van der Waals surface area (Å²) in [6.07, 6.45) is 0. The van der Waals surface area contributed by atoms with Crippen molar-refractivity contribution in [3.63, 3.8) is 0 Å². The smallest absolute Gasteiger partial charge is 0.216 e. The first kappa shape index (κ1) is 15.3. The van der Waals surface area contributed by atoms with E-state index in [0.717, 1.165) is 13.1 Å². The average molecular weight is 296 g/mol. The zero-order valence-electron chi connectivity index (χ0n) is 12.8. The van der Waals surface area contributed by atoms with Crippen molar-refractivity contribution < 1.29 is 8.42 Å². The van der Waals surface area contributed by atoms with Crippen LogP contribution >= 0.6 is 0 Å². The monoisotopic (exact) mass is 296 g/mol. The van der Waals surface area contributed by atoms with Crippen molar-refractivity contribution in [1.82, 2.24) is 4.31 Å². The predicted molar refractivity (Wildman–Crippen MR) is 83.8 cm³/mol. The number of rotatable bonds is 3. The first-order chi connectivity index (χ1) is 9.34. The van der Waals surface area contributed by atoms with Crippen LogP contribution in [0.5, 0.6) is 0 Å². The van der Waals surface area contributed by atoms with Crippen LogP contribution in [0.4, 0.5) is 5.69 Å². The van der Waals surface area contributed by atoms with Gasteiger partial charge in [-0.3, -0.25) is 0 Å². The average Bonchev–Trinajstić information content (AvgIpc) is 2.39. The molecule has 0 saturated carbocycles. The maximum absolute atomic E-state index is 12.2. The Morgan fingerprint density at radius 3 is 1.95 bits per heavy atom. The first-order valence-electron chi connectivity index (χ1n) is 7.14. The molecule has 1 aromatic carbocycles. The van der Waals surface area contributed by atoms with E-state index in [0.29, 0.717) is 13.1 Å². The van der Waals surface area contributed by atoms with Crippen LogP contribution in [0.15, 0.2) is 18.2 Å². The number of hydrogen-bond acceptors (Lipinski definition) is 3. The second-order valence-electron chi connectivity index (χ2n) is 5.72. The summed E-state index contributed by atoms with van der Waals surface area (Å²) in [5.41, 5.74) is 3.77. The van der Waals surface area contributed by atoms with Crippen molar-refractivity contribution in [3.05, 3.63) is 29.3 Å². The molecule has 1 aliphatic rings. The van der Waals surface area contributed by atoms with E-state index in [-0.39, 0.29) is 5.25 Å². The zero-order valence-corrected chi connectivity index (χ0v) is 13.6. The van der Waals surface area contributed by atoms with Gasteiger partial charge >= 0.3 is 0 Å². The van der Waals surface area contributed by atoms with E-state index in [9.17, 15) is 8.42 Å². The van der Waals surface area contributed by atoms with Crippen molar-refractivity contribution in [2.45, 2.75) is 32.9 Å². The van der Waals surface area contributed by atoms with Crippen molar-refractivity contribution in [1.29, 1.82) is 0 Å². The first-order valence-corrected chi connectivity index (χ1v) is 8.64. The van der Waals surface area contributed by atoms with Gasteiger partial charge in [0.2, 0.25) is 10.0 Å². The highest BCUT2D eigenvalue weighted by atomic mass is 32.2. The Bertz CT molecular complexity index is 553. The summed E-state index contributed by atoms with van der Waals surface area (Å²) in [7, 11) is -3.12. The molecule has 1 saturated heterocycles. The van der Waals surface area contributed by atoms with Gasteiger partial charge in [-0.1, -0.05) is 18.2 Å². The lowest BCUT2D eigenvalue weighted by molar-refractivity contribution is 0.380. The van der Waals surface area contributed by atoms with E-state index in [4.69, 9.17) is 0 Å². The molecule has 112 valence electrons. The van der Waals surface area contributed by atoms with Crippen LogP contribution in [-0.2, 0) is 10.0 Å². The van der Waals surface area contributed by atoms with Gasteiger partial charge in [-0.25, -0.2) is 8.42 Å². The molecular weight excluding hydrogens is 272 g/mol. The summed E-state index contributed by atoms with van der Waals surface area (Å²) in [5, 5.41) is -0.339. The molecule has 1 aromatic rings. The second kappa shape index (κ2) is 5.74. The molecule has 0 amide bonds. The van der Waals surface area contributed by atoms with E-state index in [2.05, 4.69) is 36.9 Å². The van der Waals surface area contributed by atoms with Gasteiger partial charge in [0.1, 0.15) is 0 Å². The van der Waals surface area contributed by atoms with Crippen LogP contribution in [0.2, 0.25) is 0 Å². The lowest BCUT2D eigenvalue weighted by Crippen LogP contribution is -2.50. The van der Waals surface area contributed by atoms with Gasteiger partial charge in [0.05, 0.1) is 5.25 Å². The highest BCUT2D eigenvalue weighted by Crippen LogP contribution is 2.26. The Morgan fingerprint density at radius 2 is 1.50 bits per heavy atom. The van der Waals surface area contributed by atoms with Gasteiger partial charge in [0, 0.05) is 31.9 Å². The molecule has 2 rings (SSSR count). The van der Waals surface area contributed by atoms with Crippen LogP contribution in [-0.4, -0.2) is 44.2 Å². The summed E-state index contributed by atoms with van der Waals surface area (Å²) in [4.78, 5) is 2.30. The molecule has 0 N–H and O–H groups in total. The second-order valence-corrected chi connectivity index (χ2v) is 8.21. The number of anilines is 1. The molecule has 20 heavy (non-hydrogen) atoms. The number of hydrogen-bond donors (Lipinski definition) is 0. The van der Waals surface area contributed by atoms with Gasteiger partial charge in [-0.2, -0.15) is 4.31 Å². The predicted octanol–water partition coefficient (Wildman–Crippen LogP) is 2.16. The van der Waals surface area contributed by atoms with Crippen LogP contribution in [0.25, 0.3) is 0 Å². The molecule has 1 aliphatic heterocycles. The van der Waals surface area contributed by atoms with Crippen LogP contribution in [0.1, 0.15) is 25.0 Å². The molecule has 0 spiro atoms. The Labute approximate surface area is 122 Å². The van der Waals surface area contributed by atoms with Gasteiger partial charge in [-0.05, 0) is 38.8 Å². The van der Waals surface area contributed by atoms with Crippen molar-refractivity contribution >= 4 is 15.7 Å².